The van der Waals surface area contributed by atoms with Crippen LogP contribution < -0.4 is 10.6 Å². The minimum absolute atomic E-state index is 0.0429. The highest BCUT2D eigenvalue weighted by Crippen LogP contribution is 2.26. The van der Waals surface area contributed by atoms with Crippen molar-refractivity contribution in [3.8, 4) is 11.1 Å². The van der Waals surface area contributed by atoms with Gasteiger partial charge in [0.15, 0.2) is 0 Å². The monoisotopic (exact) mass is 311 g/mol. The molecule has 0 aliphatic carbocycles. The summed E-state index contributed by atoms with van der Waals surface area (Å²) in [6.45, 7) is 0.867. The van der Waals surface area contributed by atoms with Crippen molar-refractivity contribution < 1.29 is 9.72 Å². The first-order chi connectivity index (χ1) is 11.1. The van der Waals surface area contributed by atoms with Crippen LogP contribution >= 0.6 is 0 Å². The predicted octanol–water partition coefficient (Wildman–Crippen LogP) is 2.95. The van der Waals surface area contributed by atoms with Gasteiger partial charge in [-0.1, -0.05) is 24.3 Å². The Morgan fingerprint density at radius 1 is 1.17 bits per heavy atom. The van der Waals surface area contributed by atoms with Gasteiger partial charge in [-0.3, -0.25) is 14.9 Å². The summed E-state index contributed by atoms with van der Waals surface area (Å²) in [5.74, 6) is -0.0429. The standard InChI is InChI=1S/C17H17N3O3/c21-17(16-8-3-9-18-16)19-14-6-1-4-12(10-14)13-5-2-7-15(11-13)20(22)23/h1-2,4-7,10-11,16,18H,3,8-9H2,(H,19,21). The topological polar surface area (TPSA) is 84.3 Å². The third kappa shape index (κ3) is 3.54. The van der Waals surface area contributed by atoms with Gasteiger partial charge < -0.3 is 10.6 Å². The maximum absolute atomic E-state index is 12.1. The lowest BCUT2D eigenvalue weighted by molar-refractivity contribution is -0.384. The molecule has 1 atom stereocenters. The summed E-state index contributed by atoms with van der Waals surface area (Å²) in [6, 6.07) is 13.6. The molecule has 118 valence electrons. The Morgan fingerprint density at radius 3 is 2.61 bits per heavy atom. The van der Waals surface area contributed by atoms with Crippen molar-refractivity contribution in [3.05, 3.63) is 58.6 Å². The van der Waals surface area contributed by atoms with Gasteiger partial charge in [0.1, 0.15) is 0 Å². The van der Waals surface area contributed by atoms with Gasteiger partial charge in [-0.25, -0.2) is 0 Å². The lowest BCUT2D eigenvalue weighted by Crippen LogP contribution is -2.35. The average Bonchev–Trinajstić information content (AvgIpc) is 3.10. The lowest BCUT2D eigenvalue weighted by atomic mass is 10.0. The molecular weight excluding hydrogens is 294 g/mol. The van der Waals surface area contributed by atoms with Crippen LogP contribution in [0.15, 0.2) is 48.5 Å². The zero-order valence-corrected chi connectivity index (χ0v) is 12.5. The molecule has 6 heteroatoms. The van der Waals surface area contributed by atoms with Gasteiger partial charge in [0.25, 0.3) is 5.69 Å². The second-order valence-corrected chi connectivity index (χ2v) is 5.53. The molecular formula is C17H17N3O3. The number of hydrogen-bond acceptors (Lipinski definition) is 4. The summed E-state index contributed by atoms with van der Waals surface area (Å²) in [6.07, 6.45) is 1.85. The smallest absolute Gasteiger partial charge is 0.270 e. The van der Waals surface area contributed by atoms with Crippen molar-refractivity contribution in [2.75, 3.05) is 11.9 Å². The highest BCUT2D eigenvalue weighted by Gasteiger charge is 2.21. The molecule has 2 aromatic rings. The Labute approximate surface area is 133 Å². The van der Waals surface area contributed by atoms with E-state index in [2.05, 4.69) is 10.6 Å². The molecule has 1 saturated heterocycles. The van der Waals surface area contributed by atoms with E-state index in [1.165, 1.54) is 12.1 Å². The number of carbonyl (C=O) groups excluding carboxylic acids is 1. The second kappa shape index (κ2) is 6.58. The van der Waals surface area contributed by atoms with Crippen molar-refractivity contribution in [1.82, 2.24) is 5.32 Å². The van der Waals surface area contributed by atoms with Crippen LogP contribution in [0.25, 0.3) is 11.1 Å². The van der Waals surface area contributed by atoms with Crippen molar-refractivity contribution in [1.29, 1.82) is 0 Å². The van der Waals surface area contributed by atoms with Gasteiger partial charge in [-0.15, -0.1) is 0 Å². The summed E-state index contributed by atoms with van der Waals surface area (Å²) in [4.78, 5) is 22.6. The van der Waals surface area contributed by atoms with Crippen LogP contribution in [-0.2, 0) is 4.79 Å². The van der Waals surface area contributed by atoms with Gasteiger partial charge in [0.2, 0.25) is 5.91 Å². The maximum Gasteiger partial charge on any atom is 0.270 e. The molecule has 0 aromatic heterocycles. The number of benzene rings is 2. The minimum Gasteiger partial charge on any atom is -0.325 e. The highest BCUT2D eigenvalue weighted by atomic mass is 16.6. The van der Waals surface area contributed by atoms with Crippen LogP contribution in [-0.4, -0.2) is 23.4 Å². The van der Waals surface area contributed by atoms with Crippen LogP contribution in [0.5, 0.6) is 0 Å². The number of anilines is 1. The van der Waals surface area contributed by atoms with Crippen LogP contribution in [0.3, 0.4) is 0 Å². The fourth-order valence-electron chi connectivity index (χ4n) is 2.71. The fraction of sp³-hybridized carbons (Fsp3) is 0.235. The number of nitro groups is 1. The van der Waals surface area contributed by atoms with Gasteiger partial charge in [0.05, 0.1) is 11.0 Å². The molecule has 0 radical (unpaired) electrons. The van der Waals surface area contributed by atoms with E-state index in [-0.39, 0.29) is 17.6 Å². The third-order valence-corrected chi connectivity index (χ3v) is 3.90. The first kappa shape index (κ1) is 15.2. The van der Waals surface area contributed by atoms with E-state index in [0.717, 1.165) is 30.5 Å². The predicted molar refractivity (Wildman–Crippen MR) is 88.2 cm³/mol. The summed E-state index contributed by atoms with van der Waals surface area (Å²) >= 11 is 0. The van der Waals surface area contributed by atoms with E-state index in [9.17, 15) is 14.9 Å². The third-order valence-electron chi connectivity index (χ3n) is 3.90. The number of nitrogens with one attached hydrogen (secondary N) is 2. The number of hydrogen-bond donors (Lipinski definition) is 2. The molecule has 2 aromatic carbocycles. The number of nitrogens with zero attached hydrogens (tertiary/aromatic N) is 1. The lowest BCUT2D eigenvalue weighted by Gasteiger charge is -2.12. The zero-order chi connectivity index (χ0) is 16.2. The maximum atomic E-state index is 12.1. The van der Waals surface area contributed by atoms with Crippen molar-refractivity contribution in [3.63, 3.8) is 0 Å². The molecule has 1 aliphatic heterocycles. The van der Waals surface area contributed by atoms with Crippen LogP contribution in [0.2, 0.25) is 0 Å². The molecule has 23 heavy (non-hydrogen) atoms. The minimum atomic E-state index is -0.416. The second-order valence-electron chi connectivity index (χ2n) is 5.53. The van der Waals surface area contributed by atoms with Gasteiger partial charge >= 0.3 is 0 Å². The van der Waals surface area contributed by atoms with Gasteiger partial charge in [0, 0.05) is 17.8 Å². The molecule has 6 nitrogen and oxygen atoms in total. The van der Waals surface area contributed by atoms with E-state index in [4.69, 9.17) is 0 Å². The van der Waals surface area contributed by atoms with Gasteiger partial charge in [-0.2, -0.15) is 0 Å². The molecule has 1 fully saturated rings. The van der Waals surface area contributed by atoms with E-state index in [0.29, 0.717) is 5.69 Å². The normalized spacial score (nSPS) is 17.0. The van der Waals surface area contributed by atoms with Crippen LogP contribution in [0, 0.1) is 10.1 Å². The average molecular weight is 311 g/mol. The molecule has 1 heterocycles. The van der Waals surface area contributed by atoms with Gasteiger partial charge in [-0.05, 0) is 42.6 Å². The number of non-ortho nitro benzene ring substituents is 1. The van der Waals surface area contributed by atoms with E-state index in [1.54, 1.807) is 6.07 Å². The molecule has 2 N–H and O–H groups in total. The highest BCUT2D eigenvalue weighted by molar-refractivity contribution is 5.95. The Hall–Kier alpha value is -2.73. The Balaban J connectivity index is 1.80. The first-order valence-electron chi connectivity index (χ1n) is 7.52. The van der Waals surface area contributed by atoms with E-state index in [1.807, 2.05) is 30.3 Å². The number of rotatable bonds is 4. The molecule has 1 unspecified atom stereocenters. The fourth-order valence-corrected chi connectivity index (χ4v) is 2.71. The summed E-state index contributed by atoms with van der Waals surface area (Å²) in [7, 11) is 0. The van der Waals surface area contributed by atoms with Crippen molar-refractivity contribution in [2.24, 2.45) is 0 Å². The van der Waals surface area contributed by atoms with E-state index < -0.39 is 4.92 Å². The molecule has 0 spiro atoms. The van der Waals surface area contributed by atoms with Crippen LogP contribution in [0.1, 0.15) is 12.8 Å². The quantitative estimate of drug-likeness (QED) is 0.671. The molecule has 1 amide bonds. The Morgan fingerprint density at radius 2 is 1.91 bits per heavy atom. The largest absolute Gasteiger partial charge is 0.325 e. The molecule has 0 saturated carbocycles. The number of nitro benzene ring substituents is 1. The number of amides is 1. The van der Waals surface area contributed by atoms with Crippen molar-refractivity contribution >= 4 is 17.3 Å². The first-order valence-corrected chi connectivity index (χ1v) is 7.52. The zero-order valence-electron chi connectivity index (χ0n) is 12.5. The SMILES string of the molecule is O=C(Nc1cccc(-c2cccc([N+](=O)[O-])c2)c1)C1CCCN1. The number of carbonyl (C=O) groups is 1. The summed E-state index contributed by atoms with van der Waals surface area (Å²) in [5, 5.41) is 16.9. The van der Waals surface area contributed by atoms with E-state index >= 15 is 0 Å². The molecule has 0 bridgehead atoms. The molecule has 3 rings (SSSR count). The van der Waals surface area contributed by atoms with Crippen LogP contribution in [0.4, 0.5) is 11.4 Å². The summed E-state index contributed by atoms with van der Waals surface area (Å²) < 4.78 is 0. The molecule has 1 aliphatic rings. The van der Waals surface area contributed by atoms with Crippen molar-refractivity contribution in [2.45, 2.75) is 18.9 Å². The summed E-state index contributed by atoms with van der Waals surface area (Å²) in [5.41, 5.74) is 2.31. The Kier molecular flexibility index (Phi) is 4.34. The Bertz CT molecular complexity index is 739.